The van der Waals surface area contributed by atoms with Crippen LogP contribution in [0, 0.1) is 5.92 Å². The maximum Gasteiger partial charge on any atom is 0.222 e. The Balaban J connectivity index is 1.49. The lowest BCUT2D eigenvalue weighted by molar-refractivity contribution is -0.123. The highest BCUT2D eigenvalue weighted by Crippen LogP contribution is 2.19. The first-order chi connectivity index (χ1) is 14.6. The van der Waals surface area contributed by atoms with Crippen LogP contribution in [0.1, 0.15) is 45.4 Å². The van der Waals surface area contributed by atoms with Crippen LogP contribution in [-0.2, 0) is 17.8 Å². The van der Waals surface area contributed by atoms with Crippen molar-refractivity contribution in [2.45, 2.75) is 52.5 Å². The third-order valence-corrected chi connectivity index (χ3v) is 5.17. The molecule has 5 nitrogen and oxygen atoms in total. The number of aryl methyl sites for hydroxylation is 2. The molecule has 0 radical (unpaired) electrons. The lowest BCUT2D eigenvalue weighted by Gasteiger charge is -2.11. The summed E-state index contributed by atoms with van der Waals surface area (Å²) >= 11 is 0. The number of ether oxygens (including phenoxy) is 1. The van der Waals surface area contributed by atoms with E-state index in [4.69, 9.17) is 9.72 Å². The molecule has 3 aromatic rings. The molecule has 30 heavy (non-hydrogen) atoms. The van der Waals surface area contributed by atoms with Crippen molar-refractivity contribution in [1.82, 2.24) is 14.9 Å². The van der Waals surface area contributed by atoms with Gasteiger partial charge in [-0.2, -0.15) is 0 Å². The maximum absolute atomic E-state index is 11.6. The normalized spacial score (nSPS) is 11.2. The van der Waals surface area contributed by atoms with Gasteiger partial charge in [-0.05, 0) is 43.5 Å². The van der Waals surface area contributed by atoms with Crippen LogP contribution in [0.15, 0.2) is 54.6 Å². The van der Waals surface area contributed by atoms with Crippen molar-refractivity contribution in [1.29, 1.82) is 0 Å². The van der Waals surface area contributed by atoms with E-state index in [2.05, 4.69) is 28.1 Å². The molecule has 3 rings (SSSR count). The summed E-state index contributed by atoms with van der Waals surface area (Å²) in [6.45, 7) is 6.18. The fourth-order valence-corrected chi connectivity index (χ4v) is 3.50. The first kappa shape index (κ1) is 21.9. The van der Waals surface area contributed by atoms with E-state index < -0.39 is 0 Å². The fourth-order valence-electron chi connectivity index (χ4n) is 3.50. The molecule has 1 amide bonds. The zero-order valence-corrected chi connectivity index (χ0v) is 18.1. The summed E-state index contributed by atoms with van der Waals surface area (Å²) in [5.74, 6) is 2.24. The van der Waals surface area contributed by atoms with E-state index >= 15 is 0 Å². The first-order valence-corrected chi connectivity index (χ1v) is 11.0. The average Bonchev–Trinajstić information content (AvgIpc) is 3.11. The Bertz CT molecular complexity index is 919. The van der Waals surface area contributed by atoms with Crippen LogP contribution in [0.25, 0.3) is 11.0 Å². The number of aromatic nitrogens is 2. The maximum atomic E-state index is 11.6. The number of rotatable bonds is 12. The molecule has 0 fully saturated rings. The number of fused-ring (bicyclic) bond motifs is 1. The van der Waals surface area contributed by atoms with Gasteiger partial charge in [0.1, 0.15) is 11.6 Å². The summed E-state index contributed by atoms with van der Waals surface area (Å²) in [6, 6.07) is 18.3. The van der Waals surface area contributed by atoms with Gasteiger partial charge in [-0.1, -0.05) is 50.6 Å². The molecule has 0 atom stereocenters. The van der Waals surface area contributed by atoms with Gasteiger partial charge in [0.05, 0.1) is 17.6 Å². The van der Waals surface area contributed by atoms with Crippen LogP contribution >= 0.6 is 0 Å². The Morgan fingerprint density at radius 1 is 1.00 bits per heavy atom. The van der Waals surface area contributed by atoms with Crippen LogP contribution < -0.4 is 10.1 Å². The number of amides is 1. The lowest BCUT2D eigenvalue weighted by atomic mass is 10.1. The second kappa shape index (κ2) is 11.4. The first-order valence-electron chi connectivity index (χ1n) is 11.0. The average molecular weight is 408 g/mol. The zero-order valence-electron chi connectivity index (χ0n) is 18.1. The van der Waals surface area contributed by atoms with Crippen molar-refractivity contribution >= 4 is 16.9 Å². The van der Waals surface area contributed by atoms with Gasteiger partial charge >= 0.3 is 0 Å². The van der Waals surface area contributed by atoms with Crippen LogP contribution in [0.4, 0.5) is 0 Å². The van der Waals surface area contributed by atoms with Crippen LogP contribution in [0.3, 0.4) is 0 Å². The molecule has 2 aromatic carbocycles. The molecule has 0 aliphatic rings. The van der Waals surface area contributed by atoms with Gasteiger partial charge in [0.25, 0.3) is 0 Å². The number of para-hydroxylation sites is 3. The molecule has 0 aliphatic carbocycles. The molecule has 0 aliphatic heterocycles. The number of hydrogen-bond donors (Lipinski definition) is 1. The monoisotopic (exact) mass is 407 g/mol. The molecule has 0 spiro atoms. The smallest absolute Gasteiger partial charge is 0.222 e. The summed E-state index contributed by atoms with van der Waals surface area (Å²) in [5.41, 5.74) is 2.25. The molecule has 0 unspecified atom stereocenters. The highest BCUT2D eigenvalue weighted by atomic mass is 16.5. The van der Waals surface area contributed by atoms with E-state index in [9.17, 15) is 4.79 Å². The van der Waals surface area contributed by atoms with Gasteiger partial charge in [0.15, 0.2) is 0 Å². The molecule has 5 heteroatoms. The summed E-state index contributed by atoms with van der Waals surface area (Å²) in [7, 11) is 0. The van der Waals surface area contributed by atoms with E-state index in [1.165, 1.54) is 5.52 Å². The number of hydrogen-bond acceptors (Lipinski definition) is 3. The molecular formula is C25H33N3O2. The zero-order chi connectivity index (χ0) is 21.2. The van der Waals surface area contributed by atoms with E-state index in [0.29, 0.717) is 6.61 Å². The van der Waals surface area contributed by atoms with Crippen LogP contribution in [0.5, 0.6) is 5.75 Å². The number of carbonyl (C=O) groups excluding carboxylic acids is 1. The van der Waals surface area contributed by atoms with E-state index in [1.54, 1.807) is 0 Å². The molecule has 160 valence electrons. The van der Waals surface area contributed by atoms with E-state index in [1.807, 2.05) is 50.2 Å². The Morgan fingerprint density at radius 3 is 2.57 bits per heavy atom. The Hall–Kier alpha value is -2.82. The van der Waals surface area contributed by atoms with Crippen molar-refractivity contribution in [2.24, 2.45) is 5.92 Å². The van der Waals surface area contributed by atoms with E-state index in [0.717, 1.165) is 62.3 Å². The number of nitrogens with one attached hydrogen (secondary N) is 1. The predicted octanol–water partition coefficient (Wildman–Crippen LogP) is 4.99. The fraction of sp³-hybridized carbons (Fsp3) is 0.440. The number of imidazole rings is 1. The topological polar surface area (TPSA) is 56.2 Å². The molecule has 1 aromatic heterocycles. The summed E-state index contributed by atoms with van der Waals surface area (Å²) < 4.78 is 8.19. The predicted molar refractivity (Wildman–Crippen MR) is 122 cm³/mol. The van der Waals surface area contributed by atoms with Gasteiger partial charge in [-0.3, -0.25) is 4.79 Å². The number of nitrogens with zero attached hydrogens (tertiary/aromatic N) is 2. The van der Waals surface area contributed by atoms with Crippen molar-refractivity contribution in [3.05, 3.63) is 60.4 Å². The largest absolute Gasteiger partial charge is 0.494 e. The summed E-state index contributed by atoms with van der Waals surface area (Å²) in [5, 5.41) is 2.99. The van der Waals surface area contributed by atoms with Crippen molar-refractivity contribution in [2.75, 3.05) is 13.2 Å². The van der Waals surface area contributed by atoms with Gasteiger partial charge in [-0.15, -0.1) is 0 Å². The molecule has 0 saturated heterocycles. The third kappa shape index (κ3) is 6.34. The quantitative estimate of drug-likeness (QED) is 0.430. The number of benzene rings is 2. The minimum Gasteiger partial charge on any atom is -0.494 e. The van der Waals surface area contributed by atoms with Gasteiger partial charge in [-0.25, -0.2) is 4.98 Å². The SMILES string of the molecule is CC(C)C(=O)NCCCCCc1nc2ccccc2n1CCCOc1ccccc1. The second-order valence-electron chi connectivity index (χ2n) is 7.94. The van der Waals surface area contributed by atoms with Crippen LogP contribution in [0.2, 0.25) is 0 Å². The van der Waals surface area contributed by atoms with Crippen molar-refractivity contribution < 1.29 is 9.53 Å². The van der Waals surface area contributed by atoms with Crippen molar-refractivity contribution in [3.8, 4) is 5.75 Å². The Kier molecular flexibility index (Phi) is 8.30. The second-order valence-corrected chi connectivity index (χ2v) is 7.94. The Labute approximate surface area is 179 Å². The number of carbonyl (C=O) groups is 1. The third-order valence-electron chi connectivity index (χ3n) is 5.17. The van der Waals surface area contributed by atoms with Gasteiger partial charge in [0.2, 0.25) is 5.91 Å². The molecule has 0 saturated carbocycles. The molecular weight excluding hydrogens is 374 g/mol. The molecule has 1 heterocycles. The standard InChI is InChI=1S/C25H33N3O2/c1-20(2)25(29)26-17-10-4-7-16-24-27-22-14-8-9-15-23(22)28(24)18-11-19-30-21-12-5-3-6-13-21/h3,5-6,8-9,12-15,20H,4,7,10-11,16-19H2,1-2H3,(H,26,29). The Morgan fingerprint density at radius 2 is 1.77 bits per heavy atom. The molecule has 0 bridgehead atoms. The lowest BCUT2D eigenvalue weighted by Crippen LogP contribution is -2.28. The van der Waals surface area contributed by atoms with E-state index in [-0.39, 0.29) is 11.8 Å². The van der Waals surface area contributed by atoms with Crippen LogP contribution in [-0.4, -0.2) is 28.6 Å². The molecule has 1 N–H and O–H groups in total. The van der Waals surface area contributed by atoms with Gasteiger partial charge < -0.3 is 14.6 Å². The number of unbranched alkanes of at least 4 members (excludes halogenated alkanes) is 2. The minimum absolute atomic E-state index is 0.0516. The highest BCUT2D eigenvalue weighted by Gasteiger charge is 2.10. The highest BCUT2D eigenvalue weighted by molar-refractivity contribution is 5.77. The summed E-state index contributed by atoms with van der Waals surface area (Å²) in [4.78, 5) is 16.5. The minimum atomic E-state index is 0.0516. The summed E-state index contributed by atoms with van der Waals surface area (Å²) in [6.07, 6.45) is 5.04. The van der Waals surface area contributed by atoms with Crippen molar-refractivity contribution in [3.63, 3.8) is 0 Å². The van der Waals surface area contributed by atoms with Gasteiger partial charge in [0, 0.05) is 25.4 Å².